The van der Waals surface area contributed by atoms with Gasteiger partial charge in [-0.05, 0) is 17.7 Å². The van der Waals surface area contributed by atoms with Gasteiger partial charge in [0.1, 0.15) is 10.7 Å². The summed E-state index contributed by atoms with van der Waals surface area (Å²) in [6, 6.07) is 4.01. The van der Waals surface area contributed by atoms with Gasteiger partial charge in [-0.2, -0.15) is 0 Å². The van der Waals surface area contributed by atoms with E-state index in [2.05, 4.69) is 26.4 Å². The lowest BCUT2D eigenvalue weighted by atomic mass is 9.94. The van der Waals surface area contributed by atoms with E-state index in [-0.39, 0.29) is 0 Å². The molecule has 0 aliphatic carbocycles. The van der Waals surface area contributed by atoms with Crippen LogP contribution in [0.1, 0.15) is 22.7 Å². The Labute approximate surface area is 148 Å². The van der Waals surface area contributed by atoms with Crippen LogP contribution in [0.2, 0.25) is 0 Å². The summed E-state index contributed by atoms with van der Waals surface area (Å²) < 4.78 is 0. The second-order valence-electron chi connectivity index (χ2n) is 5.78. The van der Waals surface area contributed by atoms with Gasteiger partial charge < -0.3 is 10.7 Å². The van der Waals surface area contributed by atoms with Crippen molar-refractivity contribution in [3.8, 4) is 0 Å². The maximum Gasteiger partial charge on any atom is 0.137 e. The molecule has 0 saturated heterocycles. The average Bonchev–Trinajstić information content (AvgIpc) is 3.23. The molecule has 0 saturated carbocycles. The zero-order valence-electron chi connectivity index (χ0n) is 12.9. The summed E-state index contributed by atoms with van der Waals surface area (Å²) >= 11 is 8.24. The first-order valence-corrected chi connectivity index (χ1v) is 8.92. The molecule has 1 atom stereocenters. The molecule has 0 radical (unpaired) electrons. The Bertz CT molecular complexity index is 941. The molecule has 4 rings (SSSR count). The fraction of sp³-hybridized carbons (Fsp3) is 0.235. The van der Waals surface area contributed by atoms with E-state index in [1.165, 1.54) is 5.56 Å². The Kier molecular flexibility index (Phi) is 3.96. The number of hydrogen-bond acceptors (Lipinski definition) is 5. The highest BCUT2D eigenvalue weighted by Gasteiger charge is 2.34. The molecule has 122 valence electrons. The molecule has 5 nitrogen and oxygen atoms in total. The van der Waals surface area contributed by atoms with Gasteiger partial charge in [0.2, 0.25) is 0 Å². The normalized spacial score (nSPS) is 20.5. The molecule has 7 heteroatoms. The molecule has 1 aliphatic rings. The van der Waals surface area contributed by atoms with Crippen LogP contribution in [0.3, 0.4) is 0 Å². The van der Waals surface area contributed by atoms with Crippen LogP contribution < -0.4 is 5.73 Å². The molecule has 4 heterocycles. The van der Waals surface area contributed by atoms with Gasteiger partial charge in [-0.1, -0.05) is 0 Å². The van der Waals surface area contributed by atoms with Crippen LogP contribution in [0.5, 0.6) is 0 Å². The summed E-state index contributed by atoms with van der Waals surface area (Å²) in [6.07, 6.45) is 8.73. The van der Waals surface area contributed by atoms with Crippen molar-refractivity contribution in [1.29, 1.82) is 0 Å². The van der Waals surface area contributed by atoms with Crippen LogP contribution >= 0.6 is 22.9 Å². The molecular formula is C17H16ClN5S. The minimum atomic E-state index is -0.610. The fourth-order valence-corrected chi connectivity index (χ4v) is 4.05. The lowest BCUT2D eigenvalue weighted by Gasteiger charge is -2.27. The van der Waals surface area contributed by atoms with Gasteiger partial charge in [-0.15, -0.1) is 22.9 Å². The molecule has 0 aromatic carbocycles. The van der Waals surface area contributed by atoms with Crippen LogP contribution in [0, 0.1) is 0 Å². The number of nitrogens with one attached hydrogen (secondary N) is 1. The fourth-order valence-electron chi connectivity index (χ4n) is 2.86. The van der Waals surface area contributed by atoms with Gasteiger partial charge in [-0.25, -0.2) is 9.97 Å². The molecule has 24 heavy (non-hydrogen) atoms. The van der Waals surface area contributed by atoms with E-state index in [4.69, 9.17) is 22.3 Å². The number of rotatable bonds is 4. The lowest BCUT2D eigenvalue weighted by Crippen LogP contribution is -2.34. The van der Waals surface area contributed by atoms with Gasteiger partial charge in [0.25, 0.3) is 0 Å². The molecule has 0 amide bonds. The first-order chi connectivity index (χ1) is 11.7. The number of halogens is 1. The number of aromatic nitrogens is 3. The second-order valence-corrected chi connectivity index (χ2v) is 7.36. The number of pyridine rings is 1. The van der Waals surface area contributed by atoms with Crippen LogP contribution in [0.4, 0.5) is 0 Å². The summed E-state index contributed by atoms with van der Waals surface area (Å²) in [4.78, 5) is 15.9. The van der Waals surface area contributed by atoms with E-state index in [9.17, 15) is 0 Å². The minimum absolute atomic E-state index is 0.357. The quantitative estimate of drug-likeness (QED) is 0.702. The predicted molar refractivity (Wildman–Crippen MR) is 99.7 cm³/mol. The number of nitrogens with zero attached hydrogens (tertiary/aromatic N) is 3. The van der Waals surface area contributed by atoms with Crippen molar-refractivity contribution in [2.45, 2.75) is 17.7 Å². The zero-order chi connectivity index (χ0) is 16.6. The van der Waals surface area contributed by atoms with Gasteiger partial charge in [0, 0.05) is 60.5 Å². The van der Waals surface area contributed by atoms with Crippen molar-refractivity contribution in [2.75, 3.05) is 6.54 Å². The van der Waals surface area contributed by atoms with Crippen LogP contribution in [-0.2, 0) is 6.42 Å². The molecule has 3 aromatic heterocycles. The Morgan fingerprint density at radius 3 is 3.21 bits per heavy atom. The predicted octanol–water partition coefficient (Wildman–Crippen LogP) is 3.36. The minimum Gasteiger partial charge on any atom is -0.346 e. The Morgan fingerprint density at radius 1 is 1.42 bits per heavy atom. The van der Waals surface area contributed by atoms with E-state index in [0.717, 1.165) is 33.7 Å². The first kappa shape index (κ1) is 15.5. The number of nitrogens with two attached hydrogens (primary N) is 1. The Morgan fingerprint density at radius 2 is 2.33 bits per heavy atom. The summed E-state index contributed by atoms with van der Waals surface area (Å²) in [6.45, 7) is 0.357. The number of alkyl halides is 1. The average molecular weight is 358 g/mol. The summed E-state index contributed by atoms with van der Waals surface area (Å²) in [5.74, 6) is 0. The maximum absolute atomic E-state index is 6.66. The third-order valence-electron chi connectivity index (χ3n) is 4.22. The SMILES string of the molecule is NCC1(Cl)CC=NC=C1c1nc(Cc2c[nH]c3ncccc23)cs1. The summed E-state index contributed by atoms with van der Waals surface area (Å²) in [5.41, 5.74) is 9.87. The van der Waals surface area contributed by atoms with E-state index in [1.54, 1.807) is 29.9 Å². The van der Waals surface area contributed by atoms with Gasteiger partial charge in [0.15, 0.2) is 0 Å². The van der Waals surface area contributed by atoms with E-state index in [0.29, 0.717) is 13.0 Å². The van der Waals surface area contributed by atoms with Gasteiger partial charge in [0.05, 0.1) is 10.6 Å². The Balaban J connectivity index is 1.63. The lowest BCUT2D eigenvalue weighted by molar-refractivity contribution is 0.751. The molecule has 0 bridgehead atoms. The standard InChI is InChI=1S/C17H16ClN5S/c18-17(10-19)3-5-20-8-14(17)16-23-12(9-24-16)6-11-7-22-15-13(11)2-1-4-21-15/h1-2,4-5,7-9H,3,6,10,19H2,(H,21,22). The smallest absolute Gasteiger partial charge is 0.137 e. The zero-order valence-corrected chi connectivity index (χ0v) is 14.4. The van der Waals surface area contributed by atoms with Crippen LogP contribution in [0.15, 0.2) is 41.1 Å². The van der Waals surface area contributed by atoms with Crippen molar-refractivity contribution >= 4 is 45.8 Å². The van der Waals surface area contributed by atoms with E-state index >= 15 is 0 Å². The molecular weight excluding hydrogens is 342 g/mol. The maximum atomic E-state index is 6.66. The largest absolute Gasteiger partial charge is 0.346 e. The number of thiazole rings is 1. The third kappa shape index (κ3) is 2.66. The molecule has 3 N–H and O–H groups in total. The van der Waals surface area contributed by atoms with Crippen molar-refractivity contribution in [2.24, 2.45) is 10.7 Å². The molecule has 1 aliphatic heterocycles. The van der Waals surface area contributed by atoms with Gasteiger partial charge in [-0.3, -0.25) is 4.99 Å². The van der Waals surface area contributed by atoms with Crippen molar-refractivity contribution in [3.05, 3.63) is 52.4 Å². The highest BCUT2D eigenvalue weighted by molar-refractivity contribution is 7.10. The highest BCUT2D eigenvalue weighted by atomic mass is 35.5. The van der Waals surface area contributed by atoms with E-state index in [1.807, 2.05) is 12.3 Å². The molecule has 0 spiro atoms. The summed E-state index contributed by atoms with van der Waals surface area (Å²) in [5, 5.41) is 4.08. The molecule has 1 unspecified atom stereocenters. The van der Waals surface area contributed by atoms with Crippen molar-refractivity contribution in [3.63, 3.8) is 0 Å². The molecule has 0 fully saturated rings. The third-order valence-corrected chi connectivity index (χ3v) is 5.66. The number of H-pyrrole nitrogens is 1. The number of fused-ring (bicyclic) bond motifs is 1. The van der Waals surface area contributed by atoms with Crippen LogP contribution in [-0.4, -0.2) is 32.6 Å². The number of aromatic amines is 1. The highest BCUT2D eigenvalue weighted by Crippen LogP contribution is 2.38. The van der Waals surface area contributed by atoms with Gasteiger partial charge >= 0.3 is 0 Å². The second kappa shape index (κ2) is 6.12. The monoisotopic (exact) mass is 357 g/mol. The van der Waals surface area contributed by atoms with Crippen LogP contribution in [0.25, 0.3) is 16.6 Å². The van der Waals surface area contributed by atoms with Crippen molar-refractivity contribution < 1.29 is 0 Å². The number of hydrogen-bond donors (Lipinski definition) is 2. The molecule has 3 aromatic rings. The first-order valence-electron chi connectivity index (χ1n) is 7.66. The van der Waals surface area contributed by atoms with Crippen molar-refractivity contribution in [1.82, 2.24) is 15.0 Å². The number of aliphatic imine (C=N–C) groups is 1. The summed E-state index contributed by atoms with van der Waals surface area (Å²) in [7, 11) is 0. The Hall–Kier alpha value is -2.02. The van der Waals surface area contributed by atoms with E-state index < -0.39 is 4.87 Å². The topological polar surface area (TPSA) is 80.0 Å².